The Balaban J connectivity index is 2.53. The van der Waals surface area contributed by atoms with Gasteiger partial charge in [0.1, 0.15) is 11.3 Å². The molecule has 0 radical (unpaired) electrons. The molecule has 0 aliphatic heterocycles. The molecule has 0 bridgehead atoms. The van der Waals surface area contributed by atoms with E-state index >= 15 is 0 Å². The molecule has 128 valence electrons. The van der Waals surface area contributed by atoms with Crippen molar-refractivity contribution in [3.63, 3.8) is 0 Å². The van der Waals surface area contributed by atoms with Crippen LogP contribution >= 0.6 is 0 Å². The van der Waals surface area contributed by atoms with Gasteiger partial charge in [0.25, 0.3) is 10.0 Å². The van der Waals surface area contributed by atoms with E-state index in [0.29, 0.717) is 5.69 Å². The van der Waals surface area contributed by atoms with E-state index < -0.39 is 16.0 Å². The SMILES string of the molecule is COc1ccc(S(=O)(=O)N(C)c2cc(C)cc(C)c2)cc1C(=O)O. The summed E-state index contributed by atoms with van der Waals surface area (Å²) in [6.07, 6.45) is 0. The molecule has 2 aromatic rings. The smallest absolute Gasteiger partial charge is 0.339 e. The van der Waals surface area contributed by atoms with Crippen molar-refractivity contribution >= 4 is 21.7 Å². The van der Waals surface area contributed by atoms with Gasteiger partial charge in [-0.05, 0) is 55.3 Å². The summed E-state index contributed by atoms with van der Waals surface area (Å²) in [4.78, 5) is 11.2. The van der Waals surface area contributed by atoms with Gasteiger partial charge in [-0.1, -0.05) is 6.07 Å². The second kappa shape index (κ2) is 6.52. The maximum atomic E-state index is 12.8. The van der Waals surface area contributed by atoms with Crippen LogP contribution in [0.4, 0.5) is 5.69 Å². The van der Waals surface area contributed by atoms with Crippen molar-refractivity contribution in [1.82, 2.24) is 0 Å². The Labute approximate surface area is 141 Å². The van der Waals surface area contributed by atoms with Crippen molar-refractivity contribution in [2.45, 2.75) is 18.7 Å². The minimum Gasteiger partial charge on any atom is -0.496 e. The highest BCUT2D eigenvalue weighted by Crippen LogP contribution is 2.27. The highest BCUT2D eigenvalue weighted by molar-refractivity contribution is 7.92. The summed E-state index contributed by atoms with van der Waals surface area (Å²) in [5, 5.41) is 9.23. The first-order valence-corrected chi connectivity index (χ1v) is 8.59. The molecular formula is C17H19NO5S. The van der Waals surface area contributed by atoms with E-state index in [9.17, 15) is 18.3 Å². The average Bonchev–Trinajstić information content (AvgIpc) is 2.52. The molecule has 24 heavy (non-hydrogen) atoms. The van der Waals surface area contributed by atoms with Crippen molar-refractivity contribution < 1.29 is 23.1 Å². The van der Waals surface area contributed by atoms with Gasteiger partial charge in [0, 0.05) is 7.05 Å². The molecule has 1 N–H and O–H groups in total. The summed E-state index contributed by atoms with van der Waals surface area (Å²) < 4.78 is 31.7. The molecular weight excluding hydrogens is 330 g/mol. The third-order valence-corrected chi connectivity index (χ3v) is 5.41. The fourth-order valence-corrected chi connectivity index (χ4v) is 3.65. The Bertz CT molecular complexity index is 870. The molecule has 2 aromatic carbocycles. The van der Waals surface area contributed by atoms with E-state index in [1.165, 1.54) is 26.3 Å². The molecule has 0 fully saturated rings. The molecule has 0 saturated carbocycles. The van der Waals surface area contributed by atoms with E-state index in [1.807, 2.05) is 19.9 Å². The number of aryl methyl sites for hydroxylation is 2. The molecule has 0 aliphatic rings. The van der Waals surface area contributed by atoms with E-state index in [4.69, 9.17) is 4.74 Å². The Kier molecular flexibility index (Phi) is 4.84. The third-order valence-electron chi connectivity index (χ3n) is 3.63. The van der Waals surface area contributed by atoms with Crippen LogP contribution in [0.2, 0.25) is 0 Å². The summed E-state index contributed by atoms with van der Waals surface area (Å²) in [6, 6.07) is 9.24. The number of hydrogen-bond donors (Lipinski definition) is 1. The number of benzene rings is 2. The predicted molar refractivity (Wildman–Crippen MR) is 91.5 cm³/mol. The Morgan fingerprint density at radius 1 is 1.08 bits per heavy atom. The zero-order chi connectivity index (χ0) is 18.1. The van der Waals surface area contributed by atoms with Crippen LogP contribution in [0.3, 0.4) is 0 Å². The molecule has 2 rings (SSSR count). The normalized spacial score (nSPS) is 11.2. The van der Waals surface area contributed by atoms with Gasteiger partial charge < -0.3 is 9.84 Å². The maximum absolute atomic E-state index is 12.8. The van der Waals surface area contributed by atoms with Crippen molar-refractivity contribution in [3.05, 3.63) is 53.1 Å². The summed E-state index contributed by atoms with van der Waals surface area (Å²) >= 11 is 0. The second-order valence-electron chi connectivity index (χ2n) is 5.49. The average molecular weight is 349 g/mol. The summed E-state index contributed by atoms with van der Waals surface area (Å²) in [7, 11) is -1.12. The Morgan fingerprint density at radius 2 is 1.67 bits per heavy atom. The number of nitrogens with zero attached hydrogens (tertiary/aromatic N) is 1. The first kappa shape index (κ1) is 17.8. The van der Waals surface area contributed by atoms with Gasteiger partial charge in [0.2, 0.25) is 0 Å². The number of sulfonamides is 1. The number of aromatic carboxylic acids is 1. The fraction of sp³-hybridized carbons (Fsp3) is 0.235. The van der Waals surface area contributed by atoms with Gasteiger partial charge in [-0.2, -0.15) is 0 Å². The lowest BCUT2D eigenvalue weighted by Gasteiger charge is -2.21. The van der Waals surface area contributed by atoms with Crippen molar-refractivity contribution in [3.8, 4) is 5.75 Å². The lowest BCUT2D eigenvalue weighted by Crippen LogP contribution is -2.27. The largest absolute Gasteiger partial charge is 0.496 e. The topological polar surface area (TPSA) is 83.9 Å². The van der Waals surface area contributed by atoms with Gasteiger partial charge >= 0.3 is 5.97 Å². The van der Waals surface area contributed by atoms with Gasteiger partial charge in [0.05, 0.1) is 17.7 Å². The quantitative estimate of drug-likeness (QED) is 0.897. The molecule has 0 heterocycles. The molecule has 0 spiro atoms. The number of anilines is 1. The summed E-state index contributed by atoms with van der Waals surface area (Å²) in [6.45, 7) is 3.76. The highest BCUT2D eigenvalue weighted by Gasteiger charge is 2.24. The monoisotopic (exact) mass is 349 g/mol. The van der Waals surface area contributed by atoms with Crippen LogP contribution in [-0.4, -0.2) is 33.7 Å². The standard InChI is InChI=1S/C17H19NO5S/c1-11-7-12(2)9-13(8-11)18(3)24(21,22)14-5-6-16(23-4)15(10-14)17(19)20/h5-10H,1-4H3,(H,19,20). The minimum atomic E-state index is -3.89. The maximum Gasteiger partial charge on any atom is 0.339 e. The number of carbonyl (C=O) groups is 1. The van der Waals surface area contributed by atoms with Crippen LogP contribution in [0.15, 0.2) is 41.3 Å². The zero-order valence-corrected chi connectivity index (χ0v) is 14.7. The highest BCUT2D eigenvalue weighted by atomic mass is 32.2. The molecule has 0 amide bonds. The number of carboxylic acid groups (broad SMARTS) is 1. The number of ether oxygens (including phenoxy) is 1. The van der Waals surface area contributed by atoms with E-state index in [-0.39, 0.29) is 16.2 Å². The van der Waals surface area contributed by atoms with Crippen molar-refractivity contribution in [2.75, 3.05) is 18.5 Å². The molecule has 0 atom stereocenters. The number of rotatable bonds is 5. The number of methoxy groups -OCH3 is 1. The zero-order valence-electron chi connectivity index (χ0n) is 13.9. The molecule has 0 unspecified atom stereocenters. The Morgan fingerprint density at radius 3 is 2.17 bits per heavy atom. The predicted octanol–water partition coefficient (Wildman–Crippen LogP) is 2.84. The van der Waals surface area contributed by atoms with Gasteiger partial charge in [-0.15, -0.1) is 0 Å². The lowest BCUT2D eigenvalue weighted by molar-refractivity contribution is 0.0693. The van der Waals surface area contributed by atoms with Crippen LogP contribution in [0, 0.1) is 13.8 Å². The van der Waals surface area contributed by atoms with E-state index in [2.05, 4.69) is 0 Å². The van der Waals surface area contributed by atoms with Crippen molar-refractivity contribution in [1.29, 1.82) is 0 Å². The van der Waals surface area contributed by atoms with Crippen LogP contribution in [-0.2, 0) is 10.0 Å². The first-order valence-electron chi connectivity index (χ1n) is 7.15. The van der Waals surface area contributed by atoms with Gasteiger partial charge in [-0.3, -0.25) is 4.31 Å². The first-order chi connectivity index (χ1) is 11.2. The molecule has 0 aliphatic carbocycles. The van der Waals surface area contributed by atoms with E-state index in [1.54, 1.807) is 12.1 Å². The molecule has 0 aromatic heterocycles. The van der Waals surface area contributed by atoms with Crippen LogP contribution < -0.4 is 9.04 Å². The number of carboxylic acids is 1. The van der Waals surface area contributed by atoms with Crippen LogP contribution in [0.25, 0.3) is 0 Å². The number of hydrogen-bond acceptors (Lipinski definition) is 4. The fourth-order valence-electron chi connectivity index (χ4n) is 2.44. The lowest BCUT2D eigenvalue weighted by atomic mass is 10.1. The second-order valence-corrected chi connectivity index (χ2v) is 7.45. The Hall–Kier alpha value is -2.54. The minimum absolute atomic E-state index is 0.107. The van der Waals surface area contributed by atoms with Crippen LogP contribution in [0.5, 0.6) is 5.75 Å². The van der Waals surface area contributed by atoms with Crippen LogP contribution in [0.1, 0.15) is 21.5 Å². The van der Waals surface area contributed by atoms with Gasteiger partial charge in [-0.25, -0.2) is 13.2 Å². The molecule has 0 saturated heterocycles. The van der Waals surface area contributed by atoms with Gasteiger partial charge in [0.15, 0.2) is 0 Å². The summed E-state index contributed by atoms with van der Waals surface area (Å²) in [5.74, 6) is -1.14. The molecule has 7 heteroatoms. The third kappa shape index (κ3) is 3.35. The summed E-state index contributed by atoms with van der Waals surface area (Å²) in [5.41, 5.74) is 2.19. The van der Waals surface area contributed by atoms with E-state index in [0.717, 1.165) is 21.5 Å². The van der Waals surface area contributed by atoms with Crippen molar-refractivity contribution in [2.24, 2.45) is 0 Å². The molecule has 6 nitrogen and oxygen atoms in total.